The number of hydrogen-bond acceptors (Lipinski definition) is 4. The minimum Gasteiger partial charge on any atom is -0.494 e. The van der Waals surface area contributed by atoms with Crippen LogP contribution in [0.2, 0.25) is 0 Å². The Kier molecular flexibility index (Phi) is 3.12. The quantitative estimate of drug-likeness (QED) is 0.802. The smallest absolute Gasteiger partial charge is 0.333 e. The van der Waals surface area contributed by atoms with Crippen LogP contribution < -0.4 is 16.0 Å². The molecular formula is C16H13FN2O3S. The molecule has 3 aromatic rings. The third-order valence-electron chi connectivity index (χ3n) is 4.10. The van der Waals surface area contributed by atoms with E-state index in [0.29, 0.717) is 16.6 Å². The highest BCUT2D eigenvalue weighted by Crippen LogP contribution is 2.44. The Labute approximate surface area is 134 Å². The molecule has 5 nitrogen and oxygen atoms in total. The maximum atomic E-state index is 14.6. The molecule has 23 heavy (non-hydrogen) atoms. The van der Waals surface area contributed by atoms with Gasteiger partial charge < -0.3 is 4.74 Å². The highest BCUT2D eigenvalue weighted by atomic mass is 32.1. The van der Waals surface area contributed by atoms with E-state index in [1.165, 1.54) is 18.4 Å². The summed E-state index contributed by atoms with van der Waals surface area (Å²) in [7, 11) is 1.42. The molecule has 0 aromatic carbocycles. The first-order valence-corrected chi connectivity index (χ1v) is 8.13. The van der Waals surface area contributed by atoms with E-state index in [-0.39, 0.29) is 17.2 Å². The van der Waals surface area contributed by atoms with Crippen molar-refractivity contribution in [3.63, 3.8) is 0 Å². The number of nitrogens with zero attached hydrogens (tertiary/aromatic N) is 1. The van der Waals surface area contributed by atoms with Crippen molar-refractivity contribution < 1.29 is 9.13 Å². The number of fused-ring (bicyclic) bond motifs is 1. The second kappa shape index (κ2) is 5.06. The van der Waals surface area contributed by atoms with Crippen molar-refractivity contribution in [2.45, 2.75) is 18.8 Å². The van der Waals surface area contributed by atoms with E-state index in [1.54, 1.807) is 11.4 Å². The van der Waals surface area contributed by atoms with Crippen molar-refractivity contribution in [3.05, 3.63) is 55.2 Å². The molecule has 0 atom stereocenters. The van der Waals surface area contributed by atoms with Crippen LogP contribution in [0.4, 0.5) is 4.39 Å². The van der Waals surface area contributed by atoms with E-state index in [4.69, 9.17) is 4.74 Å². The standard InChI is InChI=1S/C16H13FN2O3S/c1-22-14-11(9-4-5-23-7-9)10(17)6-19-13(14)12(8-2-3-8)15(20)18-16(19)21/h4-8H,2-3H2,1H3,(H,18,20,21). The molecule has 1 fully saturated rings. The number of hydrogen-bond donors (Lipinski definition) is 1. The number of aromatic amines is 1. The molecule has 0 amide bonds. The lowest BCUT2D eigenvalue weighted by atomic mass is 10.0. The first kappa shape index (κ1) is 14.2. The number of rotatable bonds is 3. The lowest BCUT2D eigenvalue weighted by Gasteiger charge is -2.15. The van der Waals surface area contributed by atoms with Gasteiger partial charge >= 0.3 is 5.69 Å². The van der Waals surface area contributed by atoms with Crippen LogP contribution in [0.1, 0.15) is 24.3 Å². The molecule has 1 N–H and O–H groups in total. The summed E-state index contributed by atoms with van der Waals surface area (Å²) in [5.41, 5.74) is 0.730. The third-order valence-corrected chi connectivity index (χ3v) is 4.79. The Balaban J connectivity index is 2.22. The van der Waals surface area contributed by atoms with Crippen LogP contribution in [0.5, 0.6) is 5.75 Å². The minimum atomic E-state index is -0.663. The number of aromatic nitrogens is 2. The van der Waals surface area contributed by atoms with Crippen molar-refractivity contribution in [1.82, 2.24) is 9.38 Å². The second-order valence-corrected chi connectivity index (χ2v) is 6.34. The van der Waals surface area contributed by atoms with Crippen LogP contribution in [0, 0.1) is 5.82 Å². The number of methoxy groups -OCH3 is 1. The molecule has 0 saturated heterocycles. The van der Waals surface area contributed by atoms with Gasteiger partial charge in [0, 0.05) is 5.56 Å². The maximum Gasteiger partial charge on any atom is 0.333 e. The summed E-state index contributed by atoms with van der Waals surface area (Å²) >= 11 is 1.44. The van der Waals surface area contributed by atoms with E-state index >= 15 is 0 Å². The van der Waals surface area contributed by atoms with Crippen molar-refractivity contribution in [1.29, 1.82) is 0 Å². The van der Waals surface area contributed by atoms with E-state index in [1.807, 2.05) is 5.38 Å². The van der Waals surface area contributed by atoms with Crippen LogP contribution in [-0.2, 0) is 0 Å². The molecule has 0 radical (unpaired) electrons. The lowest BCUT2D eigenvalue weighted by molar-refractivity contribution is 0.415. The number of pyridine rings is 1. The minimum absolute atomic E-state index is 0.0871. The first-order valence-electron chi connectivity index (χ1n) is 7.19. The number of halogens is 1. The molecule has 0 unspecified atom stereocenters. The Hall–Kier alpha value is -2.41. The van der Waals surface area contributed by atoms with Gasteiger partial charge in [0.05, 0.1) is 18.9 Å². The fourth-order valence-electron chi connectivity index (χ4n) is 2.95. The fourth-order valence-corrected chi connectivity index (χ4v) is 3.60. The zero-order valence-corrected chi connectivity index (χ0v) is 13.1. The van der Waals surface area contributed by atoms with Gasteiger partial charge in [-0.3, -0.25) is 14.2 Å². The number of thiophene rings is 1. The predicted octanol–water partition coefficient (Wildman–Crippen LogP) is 2.74. The molecule has 7 heteroatoms. The van der Waals surface area contributed by atoms with Gasteiger partial charge in [-0.15, -0.1) is 0 Å². The van der Waals surface area contributed by atoms with Crippen molar-refractivity contribution >= 4 is 16.9 Å². The Morgan fingerprint density at radius 1 is 1.39 bits per heavy atom. The summed E-state index contributed by atoms with van der Waals surface area (Å²) in [6, 6.07) is 1.78. The summed E-state index contributed by atoms with van der Waals surface area (Å²) in [5, 5.41) is 3.64. The summed E-state index contributed by atoms with van der Waals surface area (Å²) in [6.45, 7) is 0. The second-order valence-electron chi connectivity index (χ2n) is 5.56. The molecule has 1 aliphatic rings. The molecule has 0 aliphatic heterocycles. The average Bonchev–Trinajstić information content (AvgIpc) is 3.21. The van der Waals surface area contributed by atoms with Crippen LogP contribution >= 0.6 is 11.3 Å². The van der Waals surface area contributed by atoms with E-state index < -0.39 is 17.1 Å². The van der Waals surface area contributed by atoms with Gasteiger partial charge in [-0.1, -0.05) is 0 Å². The van der Waals surface area contributed by atoms with Gasteiger partial charge in [0.2, 0.25) is 0 Å². The lowest BCUT2D eigenvalue weighted by Crippen LogP contribution is -2.29. The summed E-state index contributed by atoms with van der Waals surface area (Å²) in [5.74, 6) is -0.249. The Morgan fingerprint density at radius 3 is 2.78 bits per heavy atom. The number of H-pyrrole nitrogens is 1. The van der Waals surface area contributed by atoms with Gasteiger partial charge in [0.1, 0.15) is 5.52 Å². The highest BCUT2D eigenvalue weighted by Gasteiger charge is 2.32. The average molecular weight is 332 g/mol. The third kappa shape index (κ3) is 2.11. The predicted molar refractivity (Wildman–Crippen MR) is 86.1 cm³/mol. The Bertz CT molecular complexity index is 1020. The van der Waals surface area contributed by atoms with Gasteiger partial charge in [0.15, 0.2) is 11.6 Å². The highest BCUT2D eigenvalue weighted by molar-refractivity contribution is 7.08. The topological polar surface area (TPSA) is 63.6 Å². The molecule has 1 saturated carbocycles. The van der Waals surface area contributed by atoms with Gasteiger partial charge in [-0.25, -0.2) is 9.18 Å². The molecule has 0 spiro atoms. The summed E-state index contributed by atoms with van der Waals surface area (Å²) in [6.07, 6.45) is 2.88. The summed E-state index contributed by atoms with van der Waals surface area (Å²) < 4.78 is 21.2. The molecule has 3 aromatic heterocycles. The zero-order chi connectivity index (χ0) is 16.1. The molecule has 3 heterocycles. The van der Waals surface area contributed by atoms with Crippen molar-refractivity contribution in [2.75, 3.05) is 7.11 Å². The SMILES string of the molecule is COc1c(-c2ccsc2)c(F)cn2c(=O)[nH]c(=O)c(C3CC3)c12. The van der Waals surface area contributed by atoms with E-state index in [2.05, 4.69) is 4.98 Å². The first-order chi connectivity index (χ1) is 11.1. The number of ether oxygens (including phenoxy) is 1. The molecule has 118 valence electrons. The van der Waals surface area contributed by atoms with Crippen LogP contribution in [0.3, 0.4) is 0 Å². The van der Waals surface area contributed by atoms with E-state index in [0.717, 1.165) is 23.4 Å². The zero-order valence-electron chi connectivity index (χ0n) is 12.3. The molecule has 1 aliphatic carbocycles. The van der Waals surface area contributed by atoms with Crippen molar-refractivity contribution in [3.8, 4) is 16.9 Å². The molecule has 0 bridgehead atoms. The van der Waals surface area contributed by atoms with Crippen LogP contribution in [0.15, 0.2) is 32.6 Å². The molecular weight excluding hydrogens is 319 g/mol. The number of nitrogens with one attached hydrogen (secondary N) is 1. The van der Waals surface area contributed by atoms with Crippen molar-refractivity contribution in [2.24, 2.45) is 0 Å². The van der Waals surface area contributed by atoms with Crippen LogP contribution in [-0.4, -0.2) is 16.5 Å². The summed E-state index contributed by atoms with van der Waals surface area (Å²) in [4.78, 5) is 26.6. The molecule has 4 rings (SSSR count). The Morgan fingerprint density at radius 2 is 2.17 bits per heavy atom. The monoisotopic (exact) mass is 332 g/mol. The van der Waals surface area contributed by atoms with Crippen LogP contribution in [0.25, 0.3) is 16.6 Å². The fraction of sp³-hybridized carbons (Fsp3) is 0.250. The largest absolute Gasteiger partial charge is 0.494 e. The van der Waals surface area contributed by atoms with Gasteiger partial charge in [-0.05, 0) is 41.1 Å². The normalized spacial score (nSPS) is 14.3. The van der Waals surface area contributed by atoms with E-state index in [9.17, 15) is 14.0 Å². The van der Waals surface area contributed by atoms with Gasteiger partial charge in [0.25, 0.3) is 5.56 Å². The van der Waals surface area contributed by atoms with Gasteiger partial charge in [-0.2, -0.15) is 11.3 Å². The maximum absolute atomic E-state index is 14.6.